The molecule has 2 aliphatic carbocycles. The summed E-state index contributed by atoms with van der Waals surface area (Å²) >= 11 is 0. The summed E-state index contributed by atoms with van der Waals surface area (Å²) in [5.74, 6) is 3.43. The Morgan fingerprint density at radius 1 is 1.14 bits per heavy atom. The van der Waals surface area contributed by atoms with Gasteiger partial charge in [-0.2, -0.15) is 0 Å². The van der Waals surface area contributed by atoms with E-state index in [0.717, 1.165) is 41.2 Å². The molecule has 35 heavy (non-hydrogen) atoms. The number of allylic oxidation sites excluding steroid dienone is 1. The van der Waals surface area contributed by atoms with Gasteiger partial charge in [0.15, 0.2) is 0 Å². The molecule has 2 unspecified atom stereocenters. The highest BCUT2D eigenvalue weighted by Gasteiger charge is 2.49. The molecule has 2 saturated carbocycles. The Kier molecular flexibility index (Phi) is 10.0. The van der Waals surface area contributed by atoms with E-state index >= 15 is 0 Å². The lowest BCUT2D eigenvalue weighted by Crippen LogP contribution is -2.42. The molecule has 5 heteroatoms. The molecular weight excluding hydrogens is 441 g/mol. The fourth-order valence-electron chi connectivity index (χ4n) is 6.33. The van der Waals surface area contributed by atoms with Gasteiger partial charge in [-0.15, -0.1) is 0 Å². The van der Waals surface area contributed by atoms with Gasteiger partial charge in [-0.1, -0.05) is 51.0 Å². The number of rotatable bonds is 5. The number of carbonyl (C=O) groups is 1. The molecule has 4 nitrogen and oxygen atoms in total. The summed E-state index contributed by atoms with van der Waals surface area (Å²) in [6.07, 6.45) is 13.8. The third-order valence-electron chi connectivity index (χ3n) is 7.84. The Morgan fingerprint density at radius 3 is 2.66 bits per heavy atom. The molecule has 0 spiro atoms. The fraction of sp³-hybridized carbons (Fsp3) is 0.533. The largest absolute Gasteiger partial charge is 0.468 e. The monoisotopic (exact) mass is 481 g/mol. The van der Waals surface area contributed by atoms with Gasteiger partial charge in [0.1, 0.15) is 5.82 Å². The maximum absolute atomic E-state index is 13.5. The van der Waals surface area contributed by atoms with Crippen molar-refractivity contribution in [1.29, 1.82) is 0 Å². The van der Waals surface area contributed by atoms with Crippen LogP contribution in [0.2, 0.25) is 0 Å². The predicted octanol–water partition coefficient (Wildman–Crippen LogP) is 7.19. The molecule has 6 atom stereocenters. The zero-order valence-electron chi connectivity index (χ0n) is 20.2. The highest BCUT2D eigenvalue weighted by molar-refractivity contribution is 5.63. The van der Waals surface area contributed by atoms with Crippen LogP contribution in [0.1, 0.15) is 59.1 Å². The van der Waals surface area contributed by atoms with E-state index in [1.807, 2.05) is 24.4 Å². The summed E-state index contributed by atoms with van der Waals surface area (Å²) in [4.78, 5) is 13.8. The molecule has 1 saturated heterocycles. The highest BCUT2D eigenvalue weighted by Crippen LogP contribution is 2.53. The number of nitrogens with zero attached hydrogens (tertiary/aromatic N) is 1. The average molecular weight is 482 g/mol. The molecule has 3 fully saturated rings. The van der Waals surface area contributed by atoms with Crippen LogP contribution in [0.15, 0.2) is 48.7 Å². The number of pyridine rings is 1. The number of hydrogen-bond acceptors (Lipinski definition) is 4. The molecule has 1 aliphatic heterocycles. The first kappa shape index (κ1) is 27.1. The first-order valence-corrected chi connectivity index (χ1v) is 12.7. The van der Waals surface area contributed by atoms with Crippen molar-refractivity contribution < 1.29 is 18.7 Å². The van der Waals surface area contributed by atoms with E-state index in [2.05, 4.69) is 28.8 Å². The zero-order valence-corrected chi connectivity index (χ0v) is 20.2. The molecule has 5 rings (SSSR count). The SMILES string of the molecule is C.CCOC=O.C[C@@H]1OC[C@@H]2CC3CCCC[C@H]3C(/C=C/c3ccc(-c4cccc(F)c4)cn3)[C@H]21. The number of halogens is 1. The summed E-state index contributed by atoms with van der Waals surface area (Å²) in [5, 5.41) is 0. The number of aromatic nitrogens is 1. The Labute approximate surface area is 210 Å². The van der Waals surface area contributed by atoms with Gasteiger partial charge in [-0.25, -0.2) is 4.39 Å². The summed E-state index contributed by atoms with van der Waals surface area (Å²) in [5.41, 5.74) is 2.79. The van der Waals surface area contributed by atoms with Crippen molar-refractivity contribution in [3.05, 3.63) is 60.2 Å². The van der Waals surface area contributed by atoms with Gasteiger partial charge in [0.05, 0.1) is 25.0 Å². The average Bonchev–Trinajstić information content (AvgIpc) is 3.23. The maximum Gasteiger partial charge on any atom is 0.293 e. The minimum atomic E-state index is -0.215. The molecule has 2 heterocycles. The maximum atomic E-state index is 13.5. The normalized spacial score (nSPS) is 29.2. The van der Waals surface area contributed by atoms with Gasteiger partial charge in [-0.05, 0) is 86.1 Å². The number of benzene rings is 1. The van der Waals surface area contributed by atoms with Gasteiger partial charge in [-0.3, -0.25) is 9.78 Å². The van der Waals surface area contributed by atoms with Crippen molar-refractivity contribution in [3.63, 3.8) is 0 Å². The second-order valence-corrected chi connectivity index (χ2v) is 9.79. The smallest absolute Gasteiger partial charge is 0.293 e. The quantitative estimate of drug-likeness (QED) is 0.424. The summed E-state index contributed by atoms with van der Waals surface area (Å²) in [6, 6.07) is 10.8. The number of ether oxygens (including phenoxy) is 2. The van der Waals surface area contributed by atoms with Crippen molar-refractivity contribution in [2.75, 3.05) is 13.2 Å². The molecule has 0 bridgehead atoms. The van der Waals surface area contributed by atoms with Crippen LogP contribution in [0.5, 0.6) is 0 Å². The van der Waals surface area contributed by atoms with Gasteiger partial charge in [0, 0.05) is 11.8 Å². The second-order valence-electron chi connectivity index (χ2n) is 9.79. The van der Waals surface area contributed by atoms with Crippen molar-refractivity contribution in [3.8, 4) is 11.1 Å². The highest BCUT2D eigenvalue weighted by atomic mass is 19.1. The van der Waals surface area contributed by atoms with E-state index in [4.69, 9.17) is 4.74 Å². The van der Waals surface area contributed by atoms with Crippen LogP contribution in [0.3, 0.4) is 0 Å². The van der Waals surface area contributed by atoms with Crippen LogP contribution >= 0.6 is 0 Å². The van der Waals surface area contributed by atoms with E-state index in [0.29, 0.717) is 31.0 Å². The van der Waals surface area contributed by atoms with Crippen LogP contribution in [0.25, 0.3) is 17.2 Å². The molecule has 190 valence electrons. The fourth-order valence-corrected chi connectivity index (χ4v) is 6.33. The summed E-state index contributed by atoms with van der Waals surface area (Å²) < 4.78 is 23.7. The van der Waals surface area contributed by atoms with E-state index in [9.17, 15) is 9.18 Å². The molecule has 1 aromatic carbocycles. The van der Waals surface area contributed by atoms with E-state index < -0.39 is 0 Å². The first-order valence-electron chi connectivity index (χ1n) is 12.7. The van der Waals surface area contributed by atoms with Gasteiger partial charge < -0.3 is 9.47 Å². The van der Waals surface area contributed by atoms with Crippen LogP contribution in [0, 0.1) is 35.4 Å². The molecule has 0 radical (unpaired) electrons. The molecule has 1 aromatic heterocycles. The minimum Gasteiger partial charge on any atom is -0.468 e. The van der Waals surface area contributed by atoms with Crippen molar-refractivity contribution in [2.45, 2.75) is 59.5 Å². The Bertz CT molecular complexity index is 958. The lowest BCUT2D eigenvalue weighted by molar-refractivity contribution is -0.128. The molecular formula is C30H40FNO3. The van der Waals surface area contributed by atoms with Gasteiger partial charge in [0.25, 0.3) is 6.47 Å². The molecule has 0 N–H and O–H groups in total. The van der Waals surface area contributed by atoms with Crippen molar-refractivity contribution in [1.82, 2.24) is 4.98 Å². The van der Waals surface area contributed by atoms with Crippen LogP contribution in [-0.4, -0.2) is 30.8 Å². The molecule has 2 aromatic rings. The first-order chi connectivity index (χ1) is 16.6. The Balaban J connectivity index is 0.000000521. The summed E-state index contributed by atoms with van der Waals surface area (Å²) in [7, 11) is 0. The topological polar surface area (TPSA) is 48.4 Å². The summed E-state index contributed by atoms with van der Waals surface area (Å²) in [6.45, 7) is 5.87. The Morgan fingerprint density at radius 2 is 1.97 bits per heavy atom. The van der Waals surface area contributed by atoms with Crippen molar-refractivity contribution in [2.24, 2.45) is 29.6 Å². The van der Waals surface area contributed by atoms with Crippen molar-refractivity contribution >= 4 is 12.5 Å². The number of carbonyl (C=O) groups excluding carboxylic acids is 1. The van der Waals surface area contributed by atoms with Gasteiger partial charge in [0.2, 0.25) is 0 Å². The van der Waals surface area contributed by atoms with Crippen LogP contribution < -0.4 is 0 Å². The van der Waals surface area contributed by atoms with Crippen LogP contribution in [-0.2, 0) is 14.3 Å². The molecule has 0 amide bonds. The van der Waals surface area contributed by atoms with E-state index in [1.54, 1.807) is 19.1 Å². The lowest BCUT2D eigenvalue weighted by Gasteiger charge is -2.46. The third-order valence-corrected chi connectivity index (χ3v) is 7.84. The zero-order chi connectivity index (χ0) is 23.9. The second kappa shape index (κ2) is 13.0. The van der Waals surface area contributed by atoms with Gasteiger partial charge >= 0.3 is 0 Å². The van der Waals surface area contributed by atoms with E-state index in [1.165, 1.54) is 38.2 Å². The number of fused-ring (bicyclic) bond motifs is 2. The lowest BCUT2D eigenvalue weighted by atomic mass is 9.57. The standard InChI is InChI=1S/C26H30FNO.C3H6O2.CH4/c1-17-26-21(16-29-17)13-19-5-2-3-8-24(19)25(26)12-11-23-10-9-20(15-28-23)18-6-4-7-22(27)14-18;1-2-5-3-4;/h4,6-7,9-12,14-15,17,19,21,24-26H,2-3,5,8,13,16H2,1H3;3H,2H2,1H3;1H4/b12-11+;;/t17-,19?,21-,24+,25?,26-;;/m0../s1. The Hall–Kier alpha value is -2.53. The third kappa shape index (κ3) is 6.58. The molecule has 3 aliphatic rings. The number of hydrogen-bond donors (Lipinski definition) is 0. The van der Waals surface area contributed by atoms with Crippen LogP contribution in [0.4, 0.5) is 4.39 Å². The minimum absolute atomic E-state index is 0. The van der Waals surface area contributed by atoms with E-state index in [-0.39, 0.29) is 13.2 Å². The predicted molar refractivity (Wildman–Crippen MR) is 139 cm³/mol.